The summed E-state index contributed by atoms with van der Waals surface area (Å²) in [7, 11) is 0. The summed E-state index contributed by atoms with van der Waals surface area (Å²) in [5, 5.41) is 0. The minimum atomic E-state index is 0. The number of aromatic nitrogens is 1. The van der Waals surface area contributed by atoms with Crippen molar-refractivity contribution >= 4 is 28.6 Å². The van der Waals surface area contributed by atoms with Crippen molar-refractivity contribution in [3.63, 3.8) is 0 Å². The molecule has 0 saturated heterocycles. The van der Waals surface area contributed by atoms with Gasteiger partial charge in [-0.1, -0.05) is 0 Å². The van der Waals surface area contributed by atoms with Crippen molar-refractivity contribution in [3.8, 4) is 0 Å². The van der Waals surface area contributed by atoms with Crippen LogP contribution in [0.1, 0.15) is 20.3 Å². The molecule has 0 amide bonds. The standard InChI is InChI=1S/C5H5.C4H4N.C3H6.6CH3.2ClH.Ti/c2*1-2-4-5-3-1;1-3-2;;;;;;;;;/h1-3H,4H2;1-3,5H;1-2H3;6*1H3;2*1H;/q2*-1;;6*-1;;;. The van der Waals surface area contributed by atoms with E-state index in [1.54, 1.807) is 0 Å². The maximum Gasteiger partial charge on any atom is -0.108 e. The first-order valence-electron chi connectivity index (χ1n) is 4.46. The van der Waals surface area contributed by atoms with E-state index >= 15 is 0 Å². The Balaban J connectivity index is -0.0000000140. The predicted molar refractivity (Wildman–Crippen MR) is 111 cm³/mol. The van der Waals surface area contributed by atoms with E-state index in [9.17, 15) is 0 Å². The molecular formula is C18H35Cl2NTi-8. The number of H-pyrrole nitrogens is 1. The minimum absolute atomic E-state index is 0. The van der Waals surface area contributed by atoms with Gasteiger partial charge in [0.2, 0.25) is 0 Å². The molecule has 0 fully saturated rings. The summed E-state index contributed by atoms with van der Waals surface area (Å²) in [5.74, 6) is 0. The number of rotatable bonds is 0. The summed E-state index contributed by atoms with van der Waals surface area (Å²) in [4.78, 5) is 2.74. The molecule has 0 radical (unpaired) electrons. The van der Waals surface area contributed by atoms with E-state index in [1.807, 2.05) is 30.5 Å². The monoisotopic (exact) mass is 383 g/mol. The van der Waals surface area contributed by atoms with Crippen LogP contribution in [0.25, 0.3) is 0 Å². The van der Waals surface area contributed by atoms with Crippen LogP contribution in [0.2, 0.25) is 0 Å². The van der Waals surface area contributed by atoms with E-state index in [1.165, 1.54) is 3.81 Å². The van der Waals surface area contributed by atoms with E-state index in [-0.39, 0.29) is 69.4 Å². The second-order valence-corrected chi connectivity index (χ2v) is 4.38. The third kappa shape index (κ3) is 72.4. The van der Waals surface area contributed by atoms with Gasteiger partial charge in [0.05, 0.1) is 0 Å². The summed E-state index contributed by atoms with van der Waals surface area (Å²) in [6.07, 6.45) is 14.6. The van der Waals surface area contributed by atoms with Crippen LogP contribution in [0.15, 0.2) is 36.6 Å². The van der Waals surface area contributed by atoms with Crippen LogP contribution < -0.4 is 0 Å². The summed E-state index contributed by atoms with van der Waals surface area (Å²) >= 11 is 2.08. The molecule has 0 saturated carbocycles. The quantitative estimate of drug-likeness (QED) is 0.393. The Morgan fingerprint density at radius 3 is 1.55 bits per heavy atom. The van der Waals surface area contributed by atoms with Gasteiger partial charge in [-0.3, -0.25) is 6.08 Å². The normalized spacial score (nSPS) is 6.95. The summed E-state index contributed by atoms with van der Waals surface area (Å²) in [6, 6.07) is 3.71. The predicted octanol–water partition coefficient (Wildman–Crippen LogP) is 6.41. The molecule has 0 aliphatic heterocycles. The summed E-state index contributed by atoms with van der Waals surface area (Å²) < 4.78 is 1.42. The van der Waals surface area contributed by atoms with Gasteiger partial charge in [0, 0.05) is 0 Å². The summed E-state index contributed by atoms with van der Waals surface area (Å²) in [5.41, 5.74) is 0. The third-order valence-corrected chi connectivity index (χ3v) is 1.03. The zero-order valence-corrected chi connectivity index (χ0v) is 18.7. The van der Waals surface area contributed by atoms with Crippen LogP contribution >= 0.6 is 24.8 Å². The summed E-state index contributed by atoms with van der Waals surface area (Å²) in [6.45, 7) is 4.17. The van der Waals surface area contributed by atoms with Crippen LogP contribution in [0.3, 0.4) is 0 Å². The number of allylic oxidation sites excluding steroid dienone is 4. The number of halogens is 2. The maximum absolute atomic E-state index is 2.99. The Morgan fingerprint density at radius 2 is 1.45 bits per heavy atom. The second kappa shape index (κ2) is 49.7. The van der Waals surface area contributed by atoms with E-state index in [2.05, 4.69) is 57.2 Å². The molecule has 22 heavy (non-hydrogen) atoms. The molecule has 138 valence electrons. The SMILES string of the molecule is C[C](C)=[Ti].Cl.Cl.[C-]1=CC=CC1.[CH3-].[CH3-].[CH3-].[CH3-].[CH3-].[CH3-].[c-]1ccc[nH]1. The fourth-order valence-electron chi connectivity index (χ4n) is 0.581. The second-order valence-electron chi connectivity index (χ2n) is 2.82. The zero-order chi connectivity index (χ0) is 10.6. The molecule has 1 nitrogen and oxygen atoms in total. The van der Waals surface area contributed by atoms with Gasteiger partial charge in [-0.25, -0.2) is 12.2 Å². The van der Waals surface area contributed by atoms with E-state index in [4.69, 9.17) is 0 Å². The molecule has 1 aliphatic rings. The molecule has 0 atom stereocenters. The maximum atomic E-state index is 2.99. The Morgan fingerprint density at radius 1 is 1.00 bits per heavy atom. The van der Waals surface area contributed by atoms with Crippen molar-refractivity contribution in [2.75, 3.05) is 0 Å². The number of hydrogen-bond donors (Lipinski definition) is 1. The largest absolute Gasteiger partial charge is 0.484 e. The van der Waals surface area contributed by atoms with Crippen LogP contribution in [0.4, 0.5) is 0 Å². The smallest absolute Gasteiger partial charge is 0.108 e. The number of hydrogen-bond acceptors (Lipinski definition) is 0. The minimum Gasteiger partial charge on any atom is -0.484 e. The molecule has 2 rings (SSSR count). The fourth-order valence-corrected chi connectivity index (χ4v) is 0.581. The van der Waals surface area contributed by atoms with E-state index in [0.29, 0.717) is 0 Å². The number of aromatic amines is 1. The van der Waals surface area contributed by atoms with Crippen molar-refractivity contribution < 1.29 is 20.0 Å². The zero-order valence-electron chi connectivity index (χ0n) is 15.5. The first-order valence-corrected chi connectivity index (χ1v) is 5.24. The van der Waals surface area contributed by atoms with Gasteiger partial charge in [-0.05, 0) is 0 Å². The molecule has 0 spiro atoms. The van der Waals surface area contributed by atoms with Crippen LogP contribution in [-0.2, 0) is 20.0 Å². The van der Waals surface area contributed by atoms with E-state index in [0.717, 1.165) is 6.42 Å². The van der Waals surface area contributed by atoms with Gasteiger partial charge >= 0.3 is 37.6 Å². The molecule has 1 heterocycles. The Hall–Kier alpha value is -0.0757. The van der Waals surface area contributed by atoms with Gasteiger partial charge < -0.3 is 49.5 Å². The van der Waals surface area contributed by atoms with Crippen molar-refractivity contribution in [1.29, 1.82) is 0 Å². The fraction of sp³-hybridized carbons (Fsp3) is 0.167. The van der Waals surface area contributed by atoms with Crippen LogP contribution in [0, 0.1) is 56.8 Å². The third-order valence-electron chi connectivity index (χ3n) is 1.03. The molecule has 1 aliphatic carbocycles. The first kappa shape index (κ1) is 57.5. The van der Waals surface area contributed by atoms with Gasteiger partial charge in [-0.15, -0.1) is 37.4 Å². The molecule has 1 N–H and O–H groups in total. The van der Waals surface area contributed by atoms with Gasteiger partial charge in [0.15, 0.2) is 0 Å². The van der Waals surface area contributed by atoms with Gasteiger partial charge in [-0.2, -0.15) is 24.4 Å². The Kier molecular flexibility index (Phi) is 130. The number of nitrogens with one attached hydrogen (secondary N) is 1. The molecule has 0 unspecified atom stereocenters. The average Bonchev–Trinajstić information content (AvgIpc) is 2.83. The molecule has 4 heteroatoms. The van der Waals surface area contributed by atoms with Gasteiger partial charge in [0.1, 0.15) is 0 Å². The molecule has 0 bridgehead atoms. The molecule has 1 aromatic heterocycles. The van der Waals surface area contributed by atoms with Crippen molar-refractivity contribution in [3.05, 3.63) is 93.4 Å². The van der Waals surface area contributed by atoms with E-state index < -0.39 is 0 Å². The molecule has 1 aromatic rings. The first-order chi connectivity index (χ1) is 6.73. The molecular weight excluding hydrogens is 349 g/mol. The van der Waals surface area contributed by atoms with Crippen LogP contribution in [0.5, 0.6) is 0 Å². The van der Waals surface area contributed by atoms with Crippen molar-refractivity contribution in [2.24, 2.45) is 0 Å². The average molecular weight is 384 g/mol. The van der Waals surface area contributed by atoms with Crippen molar-refractivity contribution in [1.82, 2.24) is 4.98 Å². The van der Waals surface area contributed by atoms with Gasteiger partial charge in [0.25, 0.3) is 0 Å². The van der Waals surface area contributed by atoms with Crippen LogP contribution in [-0.4, -0.2) is 8.80 Å². The Labute approximate surface area is 166 Å². The Bertz CT molecular complexity index is 250. The van der Waals surface area contributed by atoms with Crippen molar-refractivity contribution in [2.45, 2.75) is 20.3 Å². The molecule has 0 aromatic carbocycles. The topological polar surface area (TPSA) is 15.8 Å².